The molecule has 0 heterocycles. The van der Waals surface area contributed by atoms with Gasteiger partial charge in [0.05, 0.1) is 23.7 Å². The van der Waals surface area contributed by atoms with E-state index in [1.165, 1.54) is 0 Å². The molecule has 0 spiro atoms. The van der Waals surface area contributed by atoms with Crippen LogP contribution in [0, 0.1) is 0 Å². The van der Waals surface area contributed by atoms with E-state index >= 15 is 0 Å². The van der Waals surface area contributed by atoms with Gasteiger partial charge in [-0.3, -0.25) is 9.59 Å². The molecule has 0 aromatic heterocycles. The molecule has 0 radical (unpaired) electrons. The Kier molecular flexibility index (Phi) is 10.6. The van der Waals surface area contributed by atoms with Crippen molar-refractivity contribution in [1.29, 1.82) is 0 Å². The first-order valence-corrected chi connectivity index (χ1v) is 14.4. The first-order valence-electron chi connectivity index (χ1n) is 12.3. The van der Waals surface area contributed by atoms with E-state index in [1.807, 2.05) is 121 Å². The Hall–Kier alpha value is -3.12. The Morgan fingerprint density at radius 1 is 0.514 bits per heavy atom. The number of rotatable bonds is 14. The van der Waals surface area contributed by atoms with E-state index in [1.54, 1.807) is 23.5 Å². The van der Waals surface area contributed by atoms with Gasteiger partial charge < -0.3 is 4.74 Å². The third kappa shape index (κ3) is 7.93. The van der Waals surface area contributed by atoms with Gasteiger partial charge in [0.25, 0.3) is 0 Å². The predicted octanol–water partition coefficient (Wildman–Crippen LogP) is 7.72. The SMILES string of the molecule is O=C(c1ccccc1)C(SCCOCCSC(C(=O)c1ccccc1)c1ccccc1)c1ccccc1. The summed E-state index contributed by atoms with van der Waals surface area (Å²) in [6.07, 6.45) is 0. The molecule has 4 aromatic rings. The molecule has 0 aliphatic rings. The van der Waals surface area contributed by atoms with Crippen LogP contribution >= 0.6 is 23.5 Å². The Bertz CT molecular complexity index is 1130. The molecule has 0 saturated heterocycles. The molecule has 2 atom stereocenters. The monoisotopic (exact) mass is 526 g/mol. The summed E-state index contributed by atoms with van der Waals surface area (Å²) in [5, 5.41) is -0.542. The molecule has 4 rings (SSSR count). The van der Waals surface area contributed by atoms with Crippen LogP contribution in [0.3, 0.4) is 0 Å². The van der Waals surface area contributed by atoms with Crippen LogP contribution in [-0.2, 0) is 4.74 Å². The van der Waals surface area contributed by atoms with Crippen molar-refractivity contribution >= 4 is 35.1 Å². The maximum Gasteiger partial charge on any atom is 0.180 e. The molecule has 0 amide bonds. The van der Waals surface area contributed by atoms with Crippen molar-refractivity contribution in [1.82, 2.24) is 0 Å². The maximum absolute atomic E-state index is 13.2. The summed E-state index contributed by atoms with van der Waals surface area (Å²) in [4.78, 5) is 26.4. The topological polar surface area (TPSA) is 43.4 Å². The summed E-state index contributed by atoms with van der Waals surface area (Å²) < 4.78 is 5.91. The molecule has 2 unspecified atom stereocenters. The van der Waals surface area contributed by atoms with Gasteiger partial charge in [-0.25, -0.2) is 0 Å². The lowest BCUT2D eigenvalue weighted by Crippen LogP contribution is -2.13. The Morgan fingerprint density at radius 2 is 0.838 bits per heavy atom. The highest BCUT2D eigenvalue weighted by Gasteiger charge is 2.23. The summed E-state index contributed by atoms with van der Waals surface area (Å²) in [5.74, 6) is 1.62. The number of carbonyl (C=O) groups excluding carboxylic acids is 2. The second-order valence-electron chi connectivity index (χ2n) is 8.40. The van der Waals surface area contributed by atoms with Crippen LogP contribution in [0.5, 0.6) is 0 Å². The molecule has 0 aliphatic carbocycles. The van der Waals surface area contributed by atoms with E-state index in [4.69, 9.17) is 4.74 Å². The van der Waals surface area contributed by atoms with E-state index in [2.05, 4.69) is 0 Å². The van der Waals surface area contributed by atoms with Gasteiger partial charge >= 0.3 is 0 Å². The van der Waals surface area contributed by atoms with Gasteiger partial charge in [0.2, 0.25) is 0 Å². The summed E-state index contributed by atoms with van der Waals surface area (Å²) >= 11 is 3.21. The first kappa shape index (κ1) is 26.9. The highest BCUT2D eigenvalue weighted by molar-refractivity contribution is 8.00. The van der Waals surface area contributed by atoms with Crippen molar-refractivity contribution in [2.75, 3.05) is 24.7 Å². The summed E-state index contributed by atoms with van der Waals surface area (Å²) in [5.41, 5.74) is 3.44. The highest BCUT2D eigenvalue weighted by atomic mass is 32.2. The molecule has 0 fully saturated rings. The maximum atomic E-state index is 13.2. The van der Waals surface area contributed by atoms with Gasteiger partial charge in [0.1, 0.15) is 0 Å². The second kappa shape index (κ2) is 14.6. The molecular weight excluding hydrogens is 496 g/mol. The smallest absolute Gasteiger partial charge is 0.180 e. The minimum atomic E-state index is -0.271. The Morgan fingerprint density at radius 3 is 1.19 bits per heavy atom. The normalized spacial score (nSPS) is 12.5. The van der Waals surface area contributed by atoms with Gasteiger partial charge in [-0.1, -0.05) is 121 Å². The molecule has 0 N–H and O–H groups in total. The van der Waals surface area contributed by atoms with Crippen molar-refractivity contribution in [3.8, 4) is 0 Å². The van der Waals surface area contributed by atoms with E-state index in [0.717, 1.165) is 22.3 Å². The molecular formula is C32H30O3S2. The van der Waals surface area contributed by atoms with Crippen molar-refractivity contribution in [2.24, 2.45) is 0 Å². The van der Waals surface area contributed by atoms with Crippen LogP contribution in [0.1, 0.15) is 42.3 Å². The zero-order valence-corrected chi connectivity index (χ0v) is 22.2. The van der Waals surface area contributed by atoms with Crippen LogP contribution in [0.4, 0.5) is 0 Å². The summed E-state index contributed by atoms with van der Waals surface area (Å²) in [6, 6.07) is 38.7. The van der Waals surface area contributed by atoms with Gasteiger partial charge in [-0.2, -0.15) is 0 Å². The zero-order chi connectivity index (χ0) is 25.7. The van der Waals surface area contributed by atoms with Crippen LogP contribution < -0.4 is 0 Å². The fourth-order valence-corrected chi connectivity index (χ4v) is 6.14. The standard InChI is InChI=1S/C32H30O3S2/c33-29(25-13-5-1-6-14-25)31(27-17-9-3-10-18-27)36-23-21-35-22-24-37-32(28-19-11-4-12-20-28)30(34)26-15-7-2-8-16-26/h1-20,31-32H,21-24H2. The molecule has 37 heavy (non-hydrogen) atoms. The van der Waals surface area contributed by atoms with Crippen LogP contribution in [0.25, 0.3) is 0 Å². The third-order valence-corrected chi connectivity index (χ3v) is 8.27. The van der Waals surface area contributed by atoms with Gasteiger partial charge in [0.15, 0.2) is 11.6 Å². The molecule has 5 heteroatoms. The molecule has 3 nitrogen and oxygen atoms in total. The van der Waals surface area contributed by atoms with E-state index in [0.29, 0.717) is 24.7 Å². The quantitative estimate of drug-likeness (QED) is 0.124. The number of carbonyl (C=O) groups is 2. The number of hydrogen-bond donors (Lipinski definition) is 0. The molecule has 0 bridgehead atoms. The third-order valence-electron chi connectivity index (χ3n) is 5.82. The zero-order valence-electron chi connectivity index (χ0n) is 20.6. The molecule has 4 aromatic carbocycles. The van der Waals surface area contributed by atoms with E-state index in [9.17, 15) is 9.59 Å². The van der Waals surface area contributed by atoms with Crippen LogP contribution in [0.15, 0.2) is 121 Å². The fourth-order valence-electron chi connectivity index (χ4n) is 3.96. The van der Waals surface area contributed by atoms with Crippen LogP contribution in [-0.4, -0.2) is 36.3 Å². The lowest BCUT2D eigenvalue weighted by molar-refractivity contribution is 0.0981. The highest BCUT2D eigenvalue weighted by Crippen LogP contribution is 2.33. The van der Waals surface area contributed by atoms with Crippen molar-refractivity contribution in [3.63, 3.8) is 0 Å². The van der Waals surface area contributed by atoms with Crippen molar-refractivity contribution in [3.05, 3.63) is 144 Å². The minimum Gasteiger partial charge on any atom is -0.380 e. The van der Waals surface area contributed by atoms with Gasteiger partial charge in [0, 0.05) is 22.6 Å². The fraction of sp³-hybridized carbons (Fsp3) is 0.188. The average Bonchev–Trinajstić information content (AvgIpc) is 2.97. The number of benzene rings is 4. The lowest BCUT2D eigenvalue weighted by atomic mass is 10.0. The second-order valence-corrected chi connectivity index (χ2v) is 10.8. The van der Waals surface area contributed by atoms with Gasteiger partial charge in [-0.15, -0.1) is 23.5 Å². The van der Waals surface area contributed by atoms with Crippen LogP contribution in [0.2, 0.25) is 0 Å². The summed E-state index contributed by atoms with van der Waals surface area (Å²) in [7, 11) is 0. The number of thioether (sulfide) groups is 2. The van der Waals surface area contributed by atoms with Crippen molar-refractivity contribution in [2.45, 2.75) is 10.5 Å². The van der Waals surface area contributed by atoms with E-state index in [-0.39, 0.29) is 22.1 Å². The predicted molar refractivity (Wildman–Crippen MR) is 156 cm³/mol. The Balaban J connectivity index is 1.28. The largest absolute Gasteiger partial charge is 0.380 e. The van der Waals surface area contributed by atoms with E-state index < -0.39 is 0 Å². The number of Topliss-reactive ketones (excluding diaryl/α,β-unsaturated/α-hetero) is 2. The van der Waals surface area contributed by atoms with Crippen molar-refractivity contribution < 1.29 is 14.3 Å². The Labute approximate surface area is 227 Å². The molecule has 188 valence electrons. The molecule has 0 saturated carbocycles. The average molecular weight is 527 g/mol. The molecule has 0 aliphatic heterocycles. The van der Waals surface area contributed by atoms with Gasteiger partial charge in [-0.05, 0) is 11.1 Å². The number of ether oxygens (including phenoxy) is 1. The summed E-state index contributed by atoms with van der Waals surface area (Å²) in [6.45, 7) is 1.08. The minimum absolute atomic E-state index is 0.109. The first-order chi connectivity index (χ1) is 18.2. The lowest BCUT2D eigenvalue weighted by Gasteiger charge is -2.17. The number of hydrogen-bond acceptors (Lipinski definition) is 5. The number of ketones is 2.